The first-order chi connectivity index (χ1) is 15.7. The van der Waals surface area contributed by atoms with Crippen molar-refractivity contribution in [3.05, 3.63) is 53.1 Å². The third-order valence-corrected chi connectivity index (χ3v) is 8.11. The molecule has 2 heterocycles. The van der Waals surface area contributed by atoms with E-state index in [1.165, 1.54) is 25.1 Å². The number of hydrogen-bond donors (Lipinski definition) is 1. The Morgan fingerprint density at radius 2 is 1.94 bits per heavy atom. The molecule has 176 valence electrons. The third-order valence-electron chi connectivity index (χ3n) is 6.06. The summed E-state index contributed by atoms with van der Waals surface area (Å²) in [5.74, 6) is -0.515. The maximum absolute atomic E-state index is 13.4. The molecule has 33 heavy (non-hydrogen) atoms. The van der Waals surface area contributed by atoms with Crippen LogP contribution in [0.25, 0.3) is 0 Å². The Morgan fingerprint density at radius 1 is 1.15 bits per heavy atom. The van der Waals surface area contributed by atoms with E-state index in [9.17, 15) is 18.0 Å². The van der Waals surface area contributed by atoms with Gasteiger partial charge in [-0.3, -0.25) is 14.5 Å². The Balaban J connectivity index is 1.63. The molecule has 4 rings (SSSR count). The molecule has 0 saturated carbocycles. The fourth-order valence-corrected chi connectivity index (χ4v) is 5.45. The van der Waals surface area contributed by atoms with Crippen molar-refractivity contribution in [3.63, 3.8) is 0 Å². The van der Waals surface area contributed by atoms with Gasteiger partial charge in [-0.1, -0.05) is 23.7 Å². The number of carbonyl (C=O) groups excluding carboxylic acids is 2. The van der Waals surface area contributed by atoms with Crippen molar-refractivity contribution < 1.29 is 18.0 Å². The van der Waals surface area contributed by atoms with Crippen LogP contribution in [0.2, 0.25) is 5.02 Å². The topological polar surface area (TPSA) is 90.0 Å². The van der Waals surface area contributed by atoms with Crippen molar-refractivity contribution in [2.75, 3.05) is 37.0 Å². The van der Waals surface area contributed by atoms with Gasteiger partial charge >= 0.3 is 0 Å². The number of fused-ring (bicyclic) bond motifs is 3. The van der Waals surface area contributed by atoms with Crippen LogP contribution >= 0.6 is 11.6 Å². The summed E-state index contributed by atoms with van der Waals surface area (Å²) in [6.07, 6.45) is 2.60. The van der Waals surface area contributed by atoms with Crippen LogP contribution in [0.3, 0.4) is 0 Å². The minimum atomic E-state index is -3.70. The molecular formula is C23H27ClN4O4S. The molecule has 1 N–H and O–H groups in total. The number of benzene rings is 2. The lowest BCUT2D eigenvalue weighted by Gasteiger charge is -2.45. The van der Waals surface area contributed by atoms with Crippen molar-refractivity contribution in [3.8, 4) is 0 Å². The van der Waals surface area contributed by atoms with Gasteiger partial charge in [0.2, 0.25) is 21.8 Å². The van der Waals surface area contributed by atoms with E-state index in [4.69, 9.17) is 11.6 Å². The summed E-state index contributed by atoms with van der Waals surface area (Å²) in [5, 5.41) is 3.41. The second-order valence-electron chi connectivity index (χ2n) is 8.47. The standard InChI is InChI=1S/C23H27ClN4O4S/c1-26(2)33(31,32)18-9-10-19-21(13-18)28(23(30)20-8-3-4-11-27(19)20)15-22(29)25-14-16-6-5-7-17(24)12-16/h5-7,9-10,12-13,20H,3-4,8,11,14-15H2,1-2H3,(H,25,29). The predicted molar refractivity (Wildman–Crippen MR) is 128 cm³/mol. The molecule has 2 aromatic rings. The number of nitrogens with one attached hydrogen (secondary N) is 1. The molecule has 2 aliphatic rings. The van der Waals surface area contributed by atoms with E-state index in [1.54, 1.807) is 30.3 Å². The molecular weight excluding hydrogens is 464 g/mol. The fourth-order valence-electron chi connectivity index (χ4n) is 4.32. The van der Waals surface area contributed by atoms with Gasteiger partial charge in [-0.25, -0.2) is 12.7 Å². The molecule has 1 atom stereocenters. The first-order valence-electron chi connectivity index (χ1n) is 10.8. The zero-order valence-electron chi connectivity index (χ0n) is 18.6. The van der Waals surface area contributed by atoms with Crippen molar-refractivity contribution in [2.45, 2.75) is 36.7 Å². The van der Waals surface area contributed by atoms with Crippen molar-refractivity contribution in [1.29, 1.82) is 0 Å². The average Bonchev–Trinajstić information content (AvgIpc) is 2.80. The largest absolute Gasteiger partial charge is 0.358 e. The van der Waals surface area contributed by atoms with Gasteiger partial charge in [-0.2, -0.15) is 0 Å². The lowest BCUT2D eigenvalue weighted by atomic mass is 9.96. The first-order valence-corrected chi connectivity index (χ1v) is 12.7. The number of carbonyl (C=O) groups is 2. The summed E-state index contributed by atoms with van der Waals surface area (Å²) in [6.45, 7) is 0.805. The van der Waals surface area contributed by atoms with Gasteiger partial charge in [-0.05, 0) is 55.2 Å². The second-order valence-corrected chi connectivity index (χ2v) is 11.1. The fraction of sp³-hybridized carbons (Fsp3) is 0.391. The van der Waals surface area contributed by atoms with Crippen molar-refractivity contribution in [2.24, 2.45) is 0 Å². The predicted octanol–water partition coefficient (Wildman–Crippen LogP) is 2.61. The molecule has 1 saturated heterocycles. The molecule has 2 amide bonds. The minimum Gasteiger partial charge on any atom is -0.358 e. The number of rotatable bonds is 6. The summed E-state index contributed by atoms with van der Waals surface area (Å²) in [4.78, 5) is 29.7. The molecule has 1 fully saturated rings. The molecule has 0 aliphatic carbocycles. The number of halogens is 1. The Bertz CT molecular complexity index is 1180. The van der Waals surface area contributed by atoms with Gasteiger partial charge in [-0.15, -0.1) is 0 Å². The third kappa shape index (κ3) is 4.71. The van der Waals surface area contributed by atoms with Gasteiger partial charge in [0, 0.05) is 32.2 Å². The average molecular weight is 491 g/mol. The smallest absolute Gasteiger partial charge is 0.250 e. The van der Waals surface area contributed by atoms with E-state index >= 15 is 0 Å². The number of amides is 2. The maximum Gasteiger partial charge on any atom is 0.250 e. The number of sulfonamides is 1. The van der Waals surface area contributed by atoms with Crippen molar-refractivity contribution >= 4 is 44.8 Å². The molecule has 0 spiro atoms. The Labute approximate surface area is 199 Å². The van der Waals surface area contributed by atoms with E-state index in [1.807, 2.05) is 11.0 Å². The summed E-state index contributed by atoms with van der Waals surface area (Å²) < 4.78 is 26.6. The molecule has 8 nitrogen and oxygen atoms in total. The number of hydrogen-bond acceptors (Lipinski definition) is 5. The SMILES string of the molecule is CN(C)S(=O)(=O)c1ccc2c(c1)N(CC(=O)NCc1cccc(Cl)c1)C(=O)C1CCCCN21. The van der Waals surface area contributed by atoms with Crippen LogP contribution in [0.1, 0.15) is 24.8 Å². The monoisotopic (exact) mass is 490 g/mol. The van der Waals surface area contributed by atoms with Crippen LogP contribution in [0, 0.1) is 0 Å². The quantitative estimate of drug-likeness (QED) is 0.672. The highest BCUT2D eigenvalue weighted by atomic mass is 35.5. The highest BCUT2D eigenvalue weighted by Gasteiger charge is 2.40. The van der Waals surface area contributed by atoms with Crippen LogP contribution in [-0.2, 0) is 26.2 Å². The van der Waals surface area contributed by atoms with Gasteiger partial charge in [0.15, 0.2) is 0 Å². The van der Waals surface area contributed by atoms with Gasteiger partial charge in [0.05, 0.1) is 16.3 Å². The van der Waals surface area contributed by atoms with Crippen LogP contribution in [0.4, 0.5) is 11.4 Å². The van der Waals surface area contributed by atoms with Crippen LogP contribution < -0.4 is 15.1 Å². The number of piperidine rings is 1. The summed E-state index contributed by atoms with van der Waals surface area (Å²) >= 11 is 6.01. The molecule has 10 heteroatoms. The zero-order valence-corrected chi connectivity index (χ0v) is 20.2. The summed E-state index contributed by atoms with van der Waals surface area (Å²) in [5.41, 5.74) is 2.07. The zero-order chi connectivity index (χ0) is 23.8. The summed E-state index contributed by atoms with van der Waals surface area (Å²) in [7, 11) is -0.776. The van der Waals surface area contributed by atoms with Crippen molar-refractivity contribution in [1.82, 2.24) is 9.62 Å². The first kappa shape index (κ1) is 23.5. The van der Waals surface area contributed by atoms with Crippen LogP contribution in [-0.4, -0.2) is 57.8 Å². The van der Waals surface area contributed by atoms with E-state index in [0.717, 1.165) is 34.9 Å². The molecule has 2 aliphatic heterocycles. The highest BCUT2D eigenvalue weighted by molar-refractivity contribution is 7.89. The molecule has 0 radical (unpaired) electrons. The Morgan fingerprint density at radius 3 is 2.67 bits per heavy atom. The van der Waals surface area contributed by atoms with Gasteiger partial charge in [0.1, 0.15) is 12.6 Å². The minimum absolute atomic E-state index is 0.0823. The van der Waals surface area contributed by atoms with Gasteiger partial charge < -0.3 is 10.2 Å². The molecule has 2 aromatic carbocycles. The lowest BCUT2D eigenvalue weighted by Crippen LogP contribution is -2.57. The van der Waals surface area contributed by atoms with E-state index < -0.39 is 10.0 Å². The molecule has 1 unspecified atom stereocenters. The lowest BCUT2D eigenvalue weighted by molar-refractivity contribution is -0.125. The number of nitrogens with zero attached hydrogens (tertiary/aromatic N) is 3. The molecule has 0 bridgehead atoms. The van der Waals surface area contributed by atoms with Crippen LogP contribution in [0.5, 0.6) is 0 Å². The van der Waals surface area contributed by atoms with E-state index in [-0.39, 0.29) is 35.8 Å². The summed E-state index contributed by atoms with van der Waals surface area (Å²) in [6, 6.07) is 11.6. The van der Waals surface area contributed by atoms with E-state index in [2.05, 4.69) is 5.32 Å². The molecule has 0 aromatic heterocycles. The Kier molecular flexibility index (Phi) is 6.65. The normalized spacial score (nSPS) is 18.2. The maximum atomic E-state index is 13.4. The Hall–Kier alpha value is -2.62. The highest BCUT2D eigenvalue weighted by Crippen LogP contribution is 2.40. The second kappa shape index (κ2) is 9.32. The van der Waals surface area contributed by atoms with Crippen LogP contribution in [0.15, 0.2) is 47.4 Å². The van der Waals surface area contributed by atoms with E-state index in [0.29, 0.717) is 17.1 Å². The van der Waals surface area contributed by atoms with Gasteiger partial charge in [0.25, 0.3) is 0 Å². The number of anilines is 2.